The van der Waals surface area contributed by atoms with Gasteiger partial charge in [0.15, 0.2) is 0 Å². The third kappa shape index (κ3) is 4.98. The Bertz CT molecular complexity index is 464. The Hall–Kier alpha value is -1.11. The zero-order chi connectivity index (χ0) is 16.2. The summed E-state index contributed by atoms with van der Waals surface area (Å²) in [6.45, 7) is 15.3. The van der Waals surface area contributed by atoms with E-state index in [0.717, 1.165) is 19.3 Å². The van der Waals surface area contributed by atoms with Crippen LogP contribution < -0.4 is 0 Å². The molecule has 0 N–H and O–H groups in total. The normalized spacial score (nSPS) is 12.0. The number of aryl methyl sites for hydroxylation is 2. The summed E-state index contributed by atoms with van der Waals surface area (Å²) in [5.41, 5.74) is 5.27. The quantitative estimate of drug-likeness (QED) is 0.671. The van der Waals surface area contributed by atoms with Crippen molar-refractivity contribution in [3.05, 3.63) is 34.4 Å². The van der Waals surface area contributed by atoms with Gasteiger partial charge in [-0.1, -0.05) is 59.6 Å². The Morgan fingerprint density at radius 3 is 1.90 bits per heavy atom. The van der Waals surface area contributed by atoms with Gasteiger partial charge in [0.2, 0.25) is 0 Å². The highest BCUT2D eigenvalue weighted by Gasteiger charge is 2.18. The number of Topliss-reactive ketones (excluding diaryl/α,β-unsaturated/α-hetero) is 1. The first-order valence-electron chi connectivity index (χ1n) is 8.31. The van der Waals surface area contributed by atoms with Gasteiger partial charge < -0.3 is 0 Å². The minimum atomic E-state index is 0.160. The van der Waals surface area contributed by atoms with Gasteiger partial charge in [-0.05, 0) is 47.4 Å². The largest absolute Gasteiger partial charge is 0.299 e. The van der Waals surface area contributed by atoms with E-state index in [2.05, 4.69) is 60.6 Å². The molecule has 0 aromatic heterocycles. The number of rotatable bonds is 6. The molecule has 0 spiro atoms. The number of hydrogen-bond donors (Lipinski definition) is 0. The van der Waals surface area contributed by atoms with Gasteiger partial charge in [-0.3, -0.25) is 4.79 Å². The first-order valence-corrected chi connectivity index (χ1v) is 8.31. The number of benzene rings is 1. The minimum Gasteiger partial charge on any atom is -0.299 e. The molecule has 1 aromatic rings. The Labute approximate surface area is 131 Å². The second-order valence-corrected chi connectivity index (χ2v) is 7.44. The van der Waals surface area contributed by atoms with Gasteiger partial charge in [0, 0.05) is 12.8 Å². The molecule has 0 aliphatic heterocycles. The van der Waals surface area contributed by atoms with Crippen LogP contribution in [0.15, 0.2) is 12.1 Å². The van der Waals surface area contributed by atoms with Crippen molar-refractivity contribution in [3.63, 3.8) is 0 Å². The van der Waals surface area contributed by atoms with E-state index in [1.165, 1.54) is 22.3 Å². The van der Waals surface area contributed by atoms with Crippen LogP contribution in [0.2, 0.25) is 0 Å². The van der Waals surface area contributed by atoms with Crippen molar-refractivity contribution < 1.29 is 4.79 Å². The van der Waals surface area contributed by atoms with E-state index >= 15 is 0 Å². The summed E-state index contributed by atoms with van der Waals surface area (Å²) < 4.78 is 0. The van der Waals surface area contributed by atoms with Crippen LogP contribution in [0.25, 0.3) is 0 Å². The maximum atomic E-state index is 12.3. The molecular formula is C20H32O. The van der Waals surface area contributed by atoms with Crippen LogP contribution in [0, 0.1) is 19.8 Å². The average molecular weight is 288 g/mol. The standard InChI is InChI=1S/C20H32O/c1-8-16(9-2)12-18(21)13-19-14(3)10-17(11-15(19)4)20(5,6)7/h10-11,16H,8-9,12-13H2,1-7H3. The van der Waals surface area contributed by atoms with Crippen molar-refractivity contribution >= 4 is 5.78 Å². The van der Waals surface area contributed by atoms with Crippen LogP contribution >= 0.6 is 0 Å². The smallest absolute Gasteiger partial charge is 0.137 e. The average Bonchev–Trinajstić information content (AvgIpc) is 2.38. The summed E-state index contributed by atoms with van der Waals surface area (Å²) in [6, 6.07) is 4.51. The van der Waals surface area contributed by atoms with Crippen LogP contribution in [0.5, 0.6) is 0 Å². The fourth-order valence-electron chi connectivity index (χ4n) is 2.87. The third-order valence-corrected chi connectivity index (χ3v) is 4.61. The highest BCUT2D eigenvalue weighted by molar-refractivity contribution is 5.81. The van der Waals surface area contributed by atoms with Gasteiger partial charge in [-0.15, -0.1) is 0 Å². The molecule has 1 aromatic carbocycles. The Balaban J connectivity index is 2.92. The summed E-state index contributed by atoms with van der Waals surface area (Å²) in [5.74, 6) is 0.936. The van der Waals surface area contributed by atoms with E-state index in [1.54, 1.807) is 0 Å². The molecule has 0 amide bonds. The van der Waals surface area contributed by atoms with E-state index in [4.69, 9.17) is 0 Å². The SMILES string of the molecule is CCC(CC)CC(=O)Cc1c(C)cc(C(C)(C)C)cc1C. The molecule has 0 heterocycles. The van der Waals surface area contributed by atoms with E-state index in [0.29, 0.717) is 18.1 Å². The van der Waals surface area contributed by atoms with Crippen LogP contribution in [0.4, 0.5) is 0 Å². The molecule has 118 valence electrons. The first kappa shape index (κ1) is 17.9. The number of ketones is 1. The zero-order valence-corrected chi connectivity index (χ0v) is 15.0. The number of hydrogen-bond acceptors (Lipinski definition) is 1. The predicted octanol–water partition coefficient (Wildman–Crippen LogP) is 5.54. The molecule has 21 heavy (non-hydrogen) atoms. The molecule has 0 atom stereocenters. The Kier molecular flexibility index (Phi) is 6.19. The van der Waals surface area contributed by atoms with Gasteiger partial charge >= 0.3 is 0 Å². The van der Waals surface area contributed by atoms with Gasteiger partial charge in [0.1, 0.15) is 5.78 Å². The highest BCUT2D eigenvalue weighted by Crippen LogP contribution is 2.27. The van der Waals surface area contributed by atoms with Gasteiger partial charge in [-0.25, -0.2) is 0 Å². The van der Waals surface area contributed by atoms with Crippen molar-refractivity contribution in [3.8, 4) is 0 Å². The minimum absolute atomic E-state index is 0.160. The zero-order valence-electron chi connectivity index (χ0n) is 15.0. The lowest BCUT2D eigenvalue weighted by molar-refractivity contribution is -0.119. The van der Waals surface area contributed by atoms with Crippen LogP contribution in [0.1, 0.15) is 76.1 Å². The predicted molar refractivity (Wildman–Crippen MR) is 92.0 cm³/mol. The molecule has 0 aliphatic carbocycles. The lowest BCUT2D eigenvalue weighted by Crippen LogP contribution is -2.15. The van der Waals surface area contributed by atoms with Crippen LogP contribution in [0.3, 0.4) is 0 Å². The molecule has 0 bridgehead atoms. The van der Waals surface area contributed by atoms with E-state index in [9.17, 15) is 4.79 Å². The molecule has 0 unspecified atom stereocenters. The summed E-state index contributed by atoms with van der Waals surface area (Å²) in [7, 11) is 0. The van der Waals surface area contributed by atoms with E-state index < -0.39 is 0 Å². The lowest BCUT2D eigenvalue weighted by Gasteiger charge is -2.22. The molecule has 0 radical (unpaired) electrons. The Morgan fingerprint density at radius 1 is 1.05 bits per heavy atom. The monoisotopic (exact) mass is 288 g/mol. The maximum Gasteiger partial charge on any atom is 0.137 e. The van der Waals surface area contributed by atoms with E-state index in [-0.39, 0.29) is 5.41 Å². The fraction of sp³-hybridized carbons (Fsp3) is 0.650. The Morgan fingerprint density at radius 2 is 1.52 bits per heavy atom. The number of carbonyl (C=O) groups excluding carboxylic acids is 1. The third-order valence-electron chi connectivity index (χ3n) is 4.61. The van der Waals surface area contributed by atoms with Gasteiger partial charge in [0.25, 0.3) is 0 Å². The molecular weight excluding hydrogens is 256 g/mol. The van der Waals surface area contributed by atoms with Crippen LogP contribution in [-0.4, -0.2) is 5.78 Å². The topological polar surface area (TPSA) is 17.1 Å². The van der Waals surface area contributed by atoms with E-state index in [1.807, 2.05) is 0 Å². The van der Waals surface area contributed by atoms with Gasteiger partial charge in [-0.2, -0.15) is 0 Å². The fourth-order valence-corrected chi connectivity index (χ4v) is 2.87. The molecule has 1 nitrogen and oxygen atoms in total. The summed E-state index contributed by atoms with van der Waals surface area (Å²) >= 11 is 0. The molecule has 0 saturated heterocycles. The lowest BCUT2D eigenvalue weighted by atomic mass is 9.82. The highest BCUT2D eigenvalue weighted by atomic mass is 16.1. The maximum absolute atomic E-state index is 12.3. The molecule has 1 heteroatoms. The van der Waals surface area contributed by atoms with Crippen LogP contribution in [-0.2, 0) is 16.6 Å². The molecule has 1 rings (SSSR count). The van der Waals surface area contributed by atoms with Crippen molar-refractivity contribution in [2.45, 2.75) is 79.6 Å². The first-order chi connectivity index (χ1) is 9.68. The molecule has 0 saturated carbocycles. The molecule has 0 aliphatic rings. The summed E-state index contributed by atoms with van der Waals surface area (Å²) in [4.78, 5) is 12.3. The molecule has 0 fully saturated rings. The second kappa shape index (κ2) is 7.24. The van der Waals surface area contributed by atoms with Crippen molar-refractivity contribution in [2.24, 2.45) is 5.92 Å². The van der Waals surface area contributed by atoms with Gasteiger partial charge in [0.05, 0.1) is 0 Å². The number of carbonyl (C=O) groups is 1. The van der Waals surface area contributed by atoms with Crippen molar-refractivity contribution in [1.29, 1.82) is 0 Å². The van der Waals surface area contributed by atoms with Crippen molar-refractivity contribution in [1.82, 2.24) is 0 Å². The summed E-state index contributed by atoms with van der Waals surface area (Å²) in [6.07, 6.45) is 3.53. The van der Waals surface area contributed by atoms with Crippen molar-refractivity contribution in [2.75, 3.05) is 0 Å². The second-order valence-electron chi connectivity index (χ2n) is 7.44. The summed E-state index contributed by atoms with van der Waals surface area (Å²) in [5, 5.41) is 0.